The summed E-state index contributed by atoms with van der Waals surface area (Å²) in [7, 11) is 0. The Kier molecular flexibility index (Phi) is 5.21. The average Bonchev–Trinajstić information content (AvgIpc) is 2.50. The van der Waals surface area contributed by atoms with E-state index < -0.39 is 5.97 Å². The number of aryl methyl sites for hydroxylation is 1. The maximum Gasteiger partial charge on any atom is 0.340 e. The first-order valence-corrected chi connectivity index (χ1v) is 6.88. The molecule has 21 heavy (non-hydrogen) atoms. The van der Waals surface area contributed by atoms with Crippen molar-refractivity contribution >= 4 is 11.7 Å². The Balaban J connectivity index is 1.73. The fraction of sp³-hybridized carbons (Fsp3) is 0.235. The van der Waals surface area contributed by atoms with Crippen molar-refractivity contribution in [3.8, 4) is 5.75 Å². The molecule has 110 valence electrons. The van der Waals surface area contributed by atoms with Gasteiger partial charge in [-0.05, 0) is 30.7 Å². The zero-order valence-electron chi connectivity index (χ0n) is 12.0. The molecular formula is C17H19NO3. The molecule has 0 heterocycles. The topological polar surface area (TPSA) is 61.5 Å². The molecular weight excluding hydrogens is 266 g/mol. The minimum absolute atomic E-state index is 0.305. The van der Waals surface area contributed by atoms with Gasteiger partial charge in [0.15, 0.2) is 0 Å². The fourth-order valence-corrected chi connectivity index (χ4v) is 1.87. The van der Waals surface area contributed by atoms with Crippen LogP contribution in [0.3, 0.4) is 0 Å². The van der Waals surface area contributed by atoms with E-state index in [0.29, 0.717) is 30.9 Å². The van der Waals surface area contributed by atoms with E-state index >= 15 is 0 Å². The summed E-state index contributed by atoms with van der Waals surface area (Å²) in [6, 6.07) is 14.9. The Morgan fingerprint density at radius 1 is 1.05 bits per heavy atom. The molecule has 0 aromatic heterocycles. The summed E-state index contributed by atoms with van der Waals surface area (Å²) in [5.41, 5.74) is 7.63. The van der Waals surface area contributed by atoms with Crippen LogP contribution in [-0.2, 0) is 4.74 Å². The number of ether oxygens (including phenoxy) is 2. The van der Waals surface area contributed by atoms with Crippen LogP contribution in [0.4, 0.5) is 5.69 Å². The van der Waals surface area contributed by atoms with Crippen molar-refractivity contribution in [3.63, 3.8) is 0 Å². The molecule has 0 saturated carbocycles. The van der Waals surface area contributed by atoms with Gasteiger partial charge >= 0.3 is 5.97 Å². The van der Waals surface area contributed by atoms with Crippen molar-refractivity contribution in [1.82, 2.24) is 0 Å². The summed E-state index contributed by atoms with van der Waals surface area (Å²) in [4.78, 5) is 11.9. The Hall–Kier alpha value is -2.49. The second-order valence-electron chi connectivity index (χ2n) is 4.69. The van der Waals surface area contributed by atoms with E-state index in [0.717, 1.165) is 11.3 Å². The summed E-state index contributed by atoms with van der Waals surface area (Å²) in [6.07, 6.45) is 0.631. The van der Waals surface area contributed by atoms with Gasteiger partial charge in [0.25, 0.3) is 0 Å². The van der Waals surface area contributed by atoms with Crippen LogP contribution in [0.1, 0.15) is 22.3 Å². The van der Waals surface area contributed by atoms with Crippen LogP contribution in [0, 0.1) is 6.92 Å². The average molecular weight is 285 g/mol. The van der Waals surface area contributed by atoms with Crippen molar-refractivity contribution < 1.29 is 14.3 Å². The number of esters is 1. The molecule has 0 aliphatic carbocycles. The van der Waals surface area contributed by atoms with Gasteiger partial charge in [0, 0.05) is 12.1 Å². The van der Waals surface area contributed by atoms with Crippen LogP contribution in [0.2, 0.25) is 0 Å². The Morgan fingerprint density at radius 3 is 2.57 bits per heavy atom. The number of para-hydroxylation sites is 2. The van der Waals surface area contributed by atoms with Gasteiger partial charge in [0.05, 0.1) is 18.8 Å². The number of hydrogen-bond acceptors (Lipinski definition) is 4. The van der Waals surface area contributed by atoms with Gasteiger partial charge < -0.3 is 15.2 Å². The van der Waals surface area contributed by atoms with Gasteiger partial charge in [0.1, 0.15) is 5.75 Å². The maximum atomic E-state index is 11.9. The van der Waals surface area contributed by atoms with E-state index in [1.165, 1.54) is 0 Å². The molecule has 4 heteroatoms. The molecule has 0 atom stereocenters. The number of hydrogen-bond donors (Lipinski definition) is 1. The zero-order chi connectivity index (χ0) is 15.1. The predicted molar refractivity (Wildman–Crippen MR) is 82.4 cm³/mol. The molecule has 4 nitrogen and oxygen atoms in total. The van der Waals surface area contributed by atoms with Crippen molar-refractivity contribution in [2.45, 2.75) is 13.3 Å². The SMILES string of the molecule is Cc1cccc(C(=O)OCCCOc2ccccc2)c1N. The van der Waals surface area contributed by atoms with Crippen LogP contribution in [0.5, 0.6) is 5.75 Å². The highest BCUT2D eigenvalue weighted by Crippen LogP contribution is 2.17. The molecule has 0 amide bonds. The first-order valence-electron chi connectivity index (χ1n) is 6.88. The van der Waals surface area contributed by atoms with E-state index in [-0.39, 0.29) is 0 Å². The summed E-state index contributed by atoms with van der Waals surface area (Å²) in [6.45, 7) is 2.67. The van der Waals surface area contributed by atoms with Crippen molar-refractivity contribution in [3.05, 3.63) is 59.7 Å². The molecule has 2 aromatic rings. The molecule has 0 aliphatic heterocycles. The lowest BCUT2D eigenvalue weighted by Gasteiger charge is -2.09. The Morgan fingerprint density at radius 2 is 1.81 bits per heavy atom. The normalized spacial score (nSPS) is 10.1. The highest BCUT2D eigenvalue weighted by molar-refractivity contribution is 5.95. The molecule has 0 radical (unpaired) electrons. The number of carbonyl (C=O) groups is 1. The number of rotatable bonds is 6. The first-order chi connectivity index (χ1) is 10.2. The number of nitrogen functional groups attached to an aromatic ring is 1. The van der Waals surface area contributed by atoms with E-state index in [2.05, 4.69) is 0 Å². The molecule has 0 unspecified atom stereocenters. The summed E-state index contributed by atoms with van der Waals surface area (Å²) >= 11 is 0. The number of benzene rings is 2. The second-order valence-corrected chi connectivity index (χ2v) is 4.69. The van der Waals surface area contributed by atoms with Gasteiger partial charge in [-0.1, -0.05) is 30.3 Å². The minimum atomic E-state index is -0.393. The monoisotopic (exact) mass is 285 g/mol. The third-order valence-corrected chi connectivity index (χ3v) is 3.08. The van der Waals surface area contributed by atoms with Crippen molar-refractivity contribution in [1.29, 1.82) is 0 Å². The zero-order valence-corrected chi connectivity index (χ0v) is 12.0. The molecule has 0 spiro atoms. The molecule has 2 rings (SSSR count). The molecule has 0 bridgehead atoms. The molecule has 0 saturated heterocycles. The quantitative estimate of drug-likeness (QED) is 0.503. The first kappa shape index (κ1) is 14.9. The third kappa shape index (κ3) is 4.24. The third-order valence-electron chi connectivity index (χ3n) is 3.08. The van der Waals surface area contributed by atoms with Gasteiger partial charge in [-0.25, -0.2) is 4.79 Å². The van der Waals surface area contributed by atoms with Gasteiger partial charge in [-0.3, -0.25) is 0 Å². The Labute approximate surface area is 124 Å². The van der Waals surface area contributed by atoms with Gasteiger partial charge in [-0.2, -0.15) is 0 Å². The number of carbonyl (C=O) groups excluding carboxylic acids is 1. The Bertz CT molecular complexity index is 596. The predicted octanol–water partition coefficient (Wildman–Crippen LogP) is 3.20. The number of anilines is 1. The molecule has 2 aromatic carbocycles. The lowest BCUT2D eigenvalue weighted by atomic mass is 10.1. The van der Waals surface area contributed by atoms with E-state index in [1.807, 2.05) is 43.3 Å². The van der Waals surface area contributed by atoms with Gasteiger partial charge in [-0.15, -0.1) is 0 Å². The fourth-order valence-electron chi connectivity index (χ4n) is 1.87. The van der Waals surface area contributed by atoms with E-state index in [9.17, 15) is 4.79 Å². The van der Waals surface area contributed by atoms with E-state index in [4.69, 9.17) is 15.2 Å². The van der Waals surface area contributed by atoms with Crippen LogP contribution >= 0.6 is 0 Å². The highest BCUT2D eigenvalue weighted by Gasteiger charge is 2.11. The van der Waals surface area contributed by atoms with Crippen molar-refractivity contribution in [2.24, 2.45) is 0 Å². The smallest absolute Gasteiger partial charge is 0.340 e. The summed E-state index contributed by atoms with van der Waals surface area (Å²) < 4.78 is 10.7. The minimum Gasteiger partial charge on any atom is -0.493 e. The molecule has 0 fully saturated rings. The van der Waals surface area contributed by atoms with E-state index in [1.54, 1.807) is 12.1 Å². The summed E-state index contributed by atoms with van der Waals surface area (Å²) in [5, 5.41) is 0. The van der Waals surface area contributed by atoms with Gasteiger partial charge in [0.2, 0.25) is 0 Å². The largest absolute Gasteiger partial charge is 0.493 e. The maximum absolute atomic E-state index is 11.9. The summed E-state index contributed by atoms with van der Waals surface area (Å²) in [5.74, 6) is 0.419. The lowest BCUT2D eigenvalue weighted by molar-refractivity contribution is 0.0487. The van der Waals surface area contributed by atoms with Crippen LogP contribution in [0.15, 0.2) is 48.5 Å². The van der Waals surface area contributed by atoms with Crippen molar-refractivity contribution in [2.75, 3.05) is 18.9 Å². The molecule has 0 aliphatic rings. The standard InChI is InChI=1S/C17H19NO3/c1-13-7-5-10-15(16(13)18)17(19)21-12-6-11-20-14-8-3-2-4-9-14/h2-5,7-10H,6,11-12,18H2,1H3. The lowest BCUT2D eigenvalue weighted by Crippen LogP contribution is -2.11. The van der Waals surface area contributed by atoms with Crippen LogP contribution in [-0.4, -0.2) is 19.2 Å². The van der Waals surface area contributed by atoms with Crippen LogP contribution in [0.25, 0.3) is 0 Å². The molecule has 2 N–H and O–H groups in total. The second kappa shape index (κ2) is 7.33. The number of nitrogens with two attached hydrogens (primary N) is 1. The highest BCUT2D eigenvalue weighted by atomic mass is 16.5. The van der Waals surface area contributed by atoms with Crippen LogP contribution < -0.4 is 10.5 Å².